The molecule has 0 amide bonds. The van der Waals surface area contributed by atoms with Gasteiger partial charge in [-0.2, -0.15) is 0 Å². The Morgan fingerprint density at radius 1 is 1.07 bits per heavy atom. The molecule has 1 N–H and O–H groups in total. The molecule has 0 aliphatic carbocycles. The summed E-state index contributed by atoms with van der Waals surface area (Å²) in [5.41, 5.74) is 1.11. The third kappa shape index (κ3) is 3.90. The van der Waals surface area contributed by atoms with Gasteiger partial charge in [-0.25, -0.2) is 4.79 Å². The Hall–Kier alpha value is -2.79. The van der Waals surface area contributed by atoms with Crippen LogP contribution in [0.4, 0.5) is 0 Å². The second-order valence-electron chi connectivity index (χ2n) is 7.42. The molecule has 0 spiro atoms. The van der Waals surface area contributed by atoms with Crippen LogP contribution in [0, 0.1) is 13.8 Å². The Kier molecular flexibility index (Phi) is 5.75. The van der Waals surface area contributed by atoms with Gasteiger partial charge in [-0.3, -0.25) is 0 Å². The third-order valence-electron chi connectivity index (χ3n) is 5.31. The van der Waals surface area contributed by atoms with Gasteiger partial charge in [-0.05, 0) is 31.9 Å². The number of nitrogens with zero attached hydrogens (tertiary/aromatic N) is 2. The van der Waals surface area contributed by atoms with E-state index in [2.05, 4.69) is 16.7 Å². The van der Waals surface area contributed by atoms with Crippen LogP contribution >= 0.6 is 0 Å². The van der Waals surface area contributed by atoms with Gasteiger partial charge < -0.3 is 19.6 Å². The highest BCUT2D eigenvalue weighted by atomic mass is 16.5. The minimum atomic E-state index is -1.85. The molecule has 0 aromatic heterocycles. The van der Waals surface area contributed by atoms with Gasteiger partial charge >= 0.3 is 5.97 Å². The molecule has 148 valence electrons. The summed E-state index contributed by atoms with van der Waals surface area (Å²) in [4.78, 5) is 17.3. The summed E-state index contributed by atoms with van der Waals surface area (Å²) < 4.78 is 5.56. The highest BCUT2D eigenvalue weighted by Gasteiger charge is 2.42. The molecule has 2 aromatic rings. The second kappa shape index (κ2) is 8.07. The zero-order valence-corrected chi connectivity index (χ0v) is 16.9. The molecule has 1 heterocycles. The van der Waals surface area contributed by atoms with E-state index in [0.29, 0.717) is 17.7 Å². The van der Waals surface area contributed by atoms with Crippen molar-refractivity contribution in [2.45, 2.75) is 32.5 Å². The predicted octanol–water partition coefficient (Wildman–Crippen LogP) is 3.15. The van der Waals surface area contributed by atoms with Crippen LogP contribution in [0.3, 0.4) is 0 Å². The van der Waals surface area contributed by atoms with Gasteiger partial charge in [0, 0.05) is 19.4 Å². The van der Waals surface area contributed by atoms with Crippen LogP contribution in [0.1, 0.15) is 29.2 Å². The number of carbonyl (C=O) groups excluding carboxylic acids is 1. The molecule has 2 aromatic carbocycles. The molecule has 0 saturated carbocycles. The van der Waals surface area contributed by atoms with Crippen LogP contribution in [0.15, 0.2) is 60.9 Å². The quantitative estimate of drug-likeness (QED) is 0.781. The lowest BCUT2D eigenvalue weighted by molar-refractivity contribution is -0.162. The molecule has 3 rings (SSSR count). The van der Waals surface area contributed by atoms with Gasteiger partial charge in [0.05, 0.1) is 12.7 Å². The van der Waals surface area contributed by atoms with E-state index in [1.807, 2.05) is 69.7 Å². The average molecular weight is 380 g/mol. The molecule has 0 radical (unpaired) electrons. The van der Waals surface area contributed by atoms with Gasteiger partial charge in [0.1, 0.15) is 6.61 Å². The van der Waals surface area contributed by atoms with Gasteiger partial charge in [0.15, 0.2) is 0 Å². The number of esters is 1. The minimum absolute atomic E-state index is 0.196. The first-order valence-electron chi connectivity index (χ1n) is 9.52. The molecule has 1 aliphatic rings. The summed E-state index contributed by atoms with van der Waals surface area (Å²) in [5, 5.41) is 11.5. The van der Waals surface area contributed by atoms with Crippen molar-refractivity contribution in [3.63, 3.8) is 0 Å². The van der Waals surface area contributed by atoms with Crippen LogP contribution < -0.4 is 0 Å². The lowest BCUT2D eigenvalue weighted by Crippen LogP contribution is -2.41. The molecular weight excluding hydrogens is 352 g/mol. The number of hydrogen-bond acceptors (Lipinski definition) is 5. The molecule has 0 bridgehead atoms. The number of ether oxygens (including phenoxy) is 1. The summed E-state index contributed by atoms with van der Waals surface area (Å²) >= 11 is 0. The first-order chi connectivity index (χ1) is 13.3. The smallest absolute Gasteiger partial charge is 0.347 e. The van der Waals surface area contributed by atoms with Crippen molar-refractivity contribution in [2.24, 2.45) is 0 Å². The van der Waals surface area contributed by atoms with E-state index < -0.39 is 11.6 Å². The van der Waals surface area contributed by atoms with Crippen molar-refractivity contribution in [1.82, 2.24) is 9.80 Å². The fourth-order valence-corrected chi connectivity index (χ4v) is 3.43. The van der Waals surface area contributed by atoms with E-state index >= 15 is 0 Å². The van der Waals surface area contributed by atoms with Gasteiger partial charge in [-0.15, -0.1) is 0 Å². The van der Waals surface area contributed by atoms with E-state index in [1.54, 1.807) is 12.1 Å². The largest absolute Gasteiger partial charge is 0.461 e. The molecule has 0 fully saturated rings. The lowest BCUT2D eigenvalue weighted by atomic mass is 9.85. The van der Waals surface area contributed by atoms with Gasteiger partial charge in [0.2, 0.25) is 5.60 Å². The Balaban J connectivity index is 1.83. The fourth-order valence-electron chi connectivity index (χ4n) is 3.43. The molecule has 5 nitrogen and oxygen atoms in total. The van der Waals surface area contributed by atoms with Crippen LogP contribution in [0.25, 0.3) is 0 Å². The Morgan fingerprint density at radius 2 is 1.64 bits per heavy atom. The molecule has 1 aliphatic heterocycles. The summed E-state index contributed by atoms with van der Waals surface area (Å²) in [7, 11) is 2.00. The van der Waals surface area contributed by atoms with Crippen LogP contribution in [0.2, 0.25) is 0 Å². The summed E-state index contributed by atoms with van der Waals surface area (Å²) in [6.45, 7) is 6.70. The van der Waals surface area contributed by atoms with Crippen LogP contribution in [-0.2, 0) is 15.1 Å². The number of rotatable bonds is 6. The van der Waals surface area contributed by atoms with Crippen molar-refractivity contribution in [3.8, 4) is 0 Å². The maximum Gasteiger partial charge on any atom is 0.347 e. The molecule has 28 heavy (non-hydrogen) atoms. The van der Waals surface area contributed by atoms with Crippen molar-refractivity contribution >= 4 is 5.97 Å². The van der Waals surface area contributed by atoms with Crippen molar-refractivity contribution < 1.29 is 14.6 Å². The Labute approximate surface area is 166 Å². The number of benzene rings is 2. The maximum absolute atomic E-state index is 13.1. The lowest BCUT2D eigenvalue weighted by Gasteiger charge is -2.29. The summed E-state index contributed by atoms with van der Waals surface area (Å²) in [5.74, 6) is -0.659. The predicted molar refractivity (Wildman–Crippen MR) is 109 cm³/mol. The monoisotopic (exact) mass is 380 g/mol. The number of carbonyl (C=O) groups is 1. The first kappa shape index (κ1) is 20.0. The van der Waals surface area contributed by atoms with Gasteiger partial charge in [-0.1, -0.05) is 59.7 Å². The number of hydrogen-bond donors (Lipinski definition) is 1. The topological polar surface area (TPSA) is 53.0 Å². The van der Waals surface area contributed by atoms with E-state index in [-0.39, 0.29) is 12.8 Å². The minimum Gasteiger partial charge on any atom is -0.461 e. The maximum atomic E-state index is 13.1. The third-order valence-corrected chi connectivity index (χ3v) is 5.31. The zero-order chi connectivity index (χ0) is 20.3. The van der Waals surface area contributed by atoms with E-state index in [0.717, 1.165) is 11.1 Å². The van der Waals surface area contributed by atoms with Crippen LogP contribution in [-0.4, -0.2) is 47.2 Å². The average Bonchev–Trinajstić information content (AvgIpc) is 2.99. The van der Waals surface area contributed by atoms with Crippen molar-refractivity contribution in [1.29, 1.82) is 0 Å². The summed E-state index contributed by atoms with van der Waals surface area (Å²) in [6, 6.07) is 14.7. The first-order valence-corrected chi connectivity index (χ1v) is 9.52. The van der Waals surface area contributed by atoms with E-state index in [4.69, 9.17) is 4.74 Å². The number of aliphatic hydroxyl groups is 1. The standard InChI is InChI=1S/C23H28N2O3/c1-17-7-5-9-20(15-17)23(27,21-10-6-8-18(2)16-21)22(26)28-14-13-25-12-11-24(4)19(25)3/h5-12,15-16,19,27H,13-14H2,1-4H3. The summed E-state index contributed by atoms with van der Waals surface area (Å²) in [6.07, 6.45) is 4.18. The molecule has 5 heteroatoms. The second-order valence-corrected chi connectivity index (χ2v) is 7.42. The highest BCUT2D eigenvalue weighted by Crippen LogP contribution is 2.32. The van der Waals surface area contributed by atoms with Crippen molar-refractivity contribution in [2.75, 3.05) is 20.2 Å². The van der Waals surface area contributed by atoms with E-state index in [9.17, 15) is 9.90 Å². The molecule has 1 atom stereocenters. The van der Waals surface area contributed by atoms with E-state index in [1.165, 1.54) is 0 Å². The highest BCUT2D eigenvalue weighted by molar-refractivity contribution is 5.85. The molecule has 0 saturated heterocycles. The Bertz CT molecular complexity index is 832. The fraction of sp³-hybridized carbons (Fsp3) is 0.348. The van der Waals surface area contributed by atoms with Crippen molar-refractivity contribution in [3.05, 3.63) is 83.2 Å². The normalized spacial score (nSPS) is 16.5. The zero-order valence-electron chi connectivity index (χ0n) is 16.9. The van der Waals surface area contributed by atoms with Gasteiger partial charge in [0.25, 0.3) is 0 Å². The van der Waals surface area contributed by atoms with Crippen LogP contribution in [0.5, 0.6) is 0 Å². The Morgan fingerprint density at radius 3 is 2.11 bits per heavy atom. The number of aryl methyl sites for hydroxylation is 2. The molecule has 1 unspecified atom stereocenters. The SMILES string of the molecule is Cc1cccc(C(O)(C(=O)OCCN2C=CN(C)C2C)c2cccc(C)c2)c1. The molecular formula is C23H28N2O3.